The van der Waals surface area contributed by atoms with E-state index in [1.807, 2.05) is 0 Å². The zero-order valence-corrected chi connectivity index (χ0v) is 28.8. The smallest absolute Gasteiger partial charge is 0.0628 e. The fraction of sp³-hybridized carbons (Fsp3) is 1.00. The number of nitrogens with one attached hydrogen (secondary N) is 3. The zero-order valence-electron chi connectivity index (χ0n) is 28.8. The van der Waals surface area contributed by atoms with Gasteiger partial charge in [0.1, 0.15) is 0 Å². The van der Waals surface area contributed by atoms with Gasteiger partial charge in [-0.3, -0.25) is 16.0 Å². The molecule has 4 nitrogen and oxygen atoms in total. The average Bonchev–Trinajstić information content (AvgIpc) is 3.50. The van der Waals surface area contributed by atoms with Gasteiger partial charge in [0.15, 0.2) is 0 Å². The van der Waals surface area contributed by atoms with Gasteiger partial charge in [-0.25, -0.2) is 0 Å². The lowest BCUT2D eigenvalue weighted by Gasteiger charge is -2.55. The van der Waals surface area contributed by atoms with Crippen LogP contribution in [0.15, 0.2) is 0 Å². The highest BCUT2D eigenvalue weighted by molar-refractivity contribution is 5.07. The lowest BCUT2D eigenvalue weighted by atomic mass is 9.55. The summed E-state index contributed by atoms with van der Waals surface area (Å²) in [4.78, 5) is 0. The van der Waals surface area contributed by atoms with Gasteiger partial charge < -0.3 is 4.74 Å². The van der Waals surface area contributed by atoms with Crippen LogP contribution in [0.3, 0.4) is 0 Å². The van der Waals surface area contributed by atoms with Gasteiger partial charge in [0.25, 0.3) is 0 Å². The second-order valence-electron chi connectivity index (χ2n) is 18.6. The highest BCUT2D eigenvalue weighted by atomic mass is 16.5. The molecule has 0 aromatic heterocycles. The van der Waals surface area contributed by atoms with Crippen molar-refractivity contribution in [2.45, 2.75) is 191 Å². The van der Waals surface area contributed by atoms with Gasteiger partial charge in [-0.2, -0.15) is 0 Å². The maximum absolute atomic E-state index is 7.25. The molecular weight excluding hydrogens is 550 g/mol. The van der Waals surface area contributed by atoms with Crippen LogP contribution in [0.1, 0.15) is 161 Å². The third kappa shape index (κ3) is 6.14. The number of fused-ring (bicyclic) bond motifs is 6. The Bertz CT molecular complexity index is 976. The fourth-order valence-corrected chi connectivity index (χ4v) is 14.4. The van der Waals surface area contributed by atoms with E-state index in [9.17, 15) is 0 Å². The van der Waals surface area contributed by atoms with Gasteiger partial charge in [-0.15, -0.1) is 0 Å². The molecule has 14 unspecified atom stereocenters. The van der Waals surface area contributed by atoms with Crippen LogP contribution in [0, 0.1) is 65.1 Å². The molecule has 2 saturated heterocycles. The van der Waals surface area contributed by atoms with Crippen molar-refractivity contribution >= 4 is 0 Å². The maximum Gasteiger partial charge on any atom is 0.0628 e. The van der Waals surface area contributed by atoms with Gasteiger partial charge >= 0.3 is 0 Å². The Kier molecular flexibility index (Phi) is 9.35. The molecule has 0 aromatic carbocycles. The minimum absolute atomic E-state index is 0.472. The van der Waals surface area contributed by atoms with Crippen molar-refractivity contribution in [1.82, 2.24) is 16.0 Å². The lowest BCUT2D eigenvalue weighted by Crippen LogP contribution is -2.73. The normalized spacial score (nSPS) is 51.5. The Labute approximate surface area is 276 Å². The van der Waals surface area contributed by atoms with Crippen LogP contribution < -0.4 is 16.0 Å². The van der Waals surface area contributed by atoms with Crippen LogP contribution in [0.25, 0.3) is 0 Å². The van der Waals surface area contributed by atoms with Gasteiger partial charge in [0.2, 0.25) is 0 Å². The summed E-state index contributed by atoms with van der Waals surface area (Å²) in [5.41, 5.74) is 0. The van der Waals surface area contributed by atoms with Crippen LogP contribution in [-0.4, -0.2) is 30.7 Å². The maximum atomic E-state index is 7.25. The molecule has 0 amide bonds. The predicted octanol–water partition coefficient (Wildman–Crippen LogP) is 9.14. The largest absolute Gasteiger partial charge is 0.374 e. The van der Waals surface area contributed by atoms with Crippen molar-refractivity contribution in [1.29, 1.82) is 0 Å². The summed E-state index contributed by atoms with van der Waals surface area (Å²) < 4.78 is 7.25. The van der Waals surface area contributed by atoms with Crippen LogP contribution >= 0.6 is 0 Å². The molecule has 14 atom stereocenters. The van der Waals surface area contributed by atoms with E-state index in [0.29, 0.717) is 30.7 Å². The molecule has 7 saturated carbocycles. The molecule has 254 valence electrons. The van der Waals surface area contributed by atoms with Gasteiger partial charge in [-0.1, -0.05) is 89.9 Å². The van der Waals surface area contributed by atoms with E-state index >= 15 is 0 Å². The molecule has 0 aromatic rings. The van der Waals surface area contributed by atoms with Crippen molar-refractivity contribution in [2.24, 2.45) is 65.1 Å². The first-order chi connectivity index (χ1) is 22.3. The first kappa shape index (κ1) is 30.9. The van der Waals surface area contributed by atoms with Crippen molar-refractivity contribution in [3.63, 3.8) is 0 Å². The van der Waals surface area contributed by atoms with Gasteiger partial charge in [-0.05, 0) is 136 Å². The summed E-state index contributed by atoms with van der Waals surface area (Å²) in [7, 11) is 0. The van der Waals surface area contributed by atoms with Crippen molar-refractivity contribution in [2.75, 3.05) is 0 Å². The summed E-state index contributed by atoms with van der Waals surface area (Å²) in [6, 6.07) is 0. The monoisotopic (exact) mass is 620 g/mol. The van der Waals surface area contributed by atoms with E-state index < -0.39 is 0 Å². The minimum atomic E-state index is 0.472. The predicted molar refractivity (Wildman–Crippen MR) is 183 cm³/mol. The van der Waals surface area contributed by atoms with E-state index in [0.717, 1.165) is 65.1 Å². The zero-order chi connectivity index (χ0) is 29.7. The molecule has 2 heterocycles. The van der Waals surface area contributed by atoms with Crippen molar-refractivity contribution < 1.29 is 4.74 Å². The molecule has 3 N–H and O–H groups in total. The van der Waals surface area contributed by atoms with Crippen LogP contribution in [-0.2, 0) is 4.74 Å². The number of hydrogen-bond acceptors (Lipinski definition) is 4. The van der Waals surface area contributed by atoms with E-state index in [1.54, 1.807) is 0 Å². The third-order valence-corrected chi connectivity index (χ3v) is 16.6. The van der Waals surface area contributed by atoms with Crippen LogP contribution in [0.2, 0.25) is 0 Å². The van der Waals surface area contributed by atoms with Crippen molar-refractivity contribution in [3.8, 4) is 0 Å². The molecule has 0 spiro atoms. The van der Waals surface area contributed by atoms with E-state index in [1.165, 1.54) is 161 Å². The van der Waals surface area contributed by atoms with E-state index in [2.05, 4.69) is 16.0 Å². The quantitative estimate of drug-likeness (QED) is 0.294. The average molecular weight is 620 g/mol. The fourth-order valence-electron chi connectivity index (χ4n) is 14.4. The number of hydrogen-bond donors (Lipinski definition) is 3. The third-order valence-electron chi connectivity index (χ3n) is 16.6. The standard InChI is InChI=1S/C41H69N3O/c1-3-11-26(12-4-1)30-21-22-36-35(24-30)38-33-18-10-9-17-32(33)34(25-37(38)45-36)41-43-39(28-14-5-2-6-15-28)42-40(44-41)31-20-19-27-13-7-8-16-29(27)23-31/h26-44H,1-25H2. The number of ether oxygens (including phenoxy) is 1. The molecule has 2 aliphatic heterocycles. The van der Waals surface area contributed by atoms with Crippen molar-refractivity contribution in [3.05, 3.63) is 0 Å². The Hall–Kier alpha value is -0.160. The second-order valence-corrected chi connectivity index (χ2v) is 18.6. The first-order valence-corrected chi connectivity index (χ1v) is 21.2. The highest BCUT2D eigenvalue weighted by Crippen LogP contribution is 2.59. The molecule has 9 aliphatic rings. The van der Waals surface area contributed by atoms with E-state index in [-0.39, 0.29) is 0 Å². The Morgan fingerprint density at radius 3 is 1.62 bits per heavy atom. The number of rotatable bonds is 4. The van der Waals surface area contributed by atoms with Crippen LogP contribution in [0.5, 0.6) is 0 Å². The molecule has 7 aliphatic carbocycles. The summed E-state index contributed by atoms with van der Waals surface area (Å²) in [6.45, 7) is 0. The topological polar surface area (TPSA) is 45.3 Å². The summed E-state index contributed by atoms with van der Waals surface area (Å²) in [5.74, 6) is 10.1. The van der Waals surface area contributed by atoms with Crippen LogP contribution in [0.4, 0.5) is 0 Å². The van der Waals surface area contributed by atoms with E-state index in [4.69, 9.17) is 4.74 Å². The van der Waals surface area contributed by atoms with Gasteiger partial charge in [0.05, 0.1) is 30.7 Å². The molecule has 9 rings (SSSR count). The first-order valence-electron chi connectivity index (χ1n) is 21.2. The molecule has 9 fully saturated rings. The summed E-state index contributed by atoms with van der Waals surface area (Å²) >= 11 is 0. The Balaban J connectivity index is 0.946. The Morgan fingerprint density at radius 2 is 0.844 bits per heavy atom. The molecular formula is C41H69N3O. The molecule has 45 heavy (non-hydrogen) atoms. The summed E-state index contributed by atoms with van der Waals surface area (Å²) in [6.07, 6.45) is 39.5. The highest BCUT2D eigenvalue weighted by Gasteiger charge is 2.58. The molecule has 4 heteroatoms. The minimum Gasteiger partial charge on any atom is -0.374 e. The molecule has 0 bridgehead atoms. The second kappa shape index (κ2) is 13.6. The lowest BCUT2D eigenvalue weighted by molar-refractivity contribution is -0.0720. The Morgan fingerprint density at radius 1 is 0.311 bits per heavy atom. The summed E-state index contributed by atoms with van der Waals surface area (Å²) in [5, 5.41) is 13.1. The SMILES string of the molecule is C1CCC(C2CCC3OC4CC(C5NC(C6CCCCC6)NC(C6CCC7CCCCC7C6)N5)C5CCCCC5C4C3C2)CC1. The molecule has 0 radical (unpaired) electrons. The van der Waals surface area contributed by atoms with Gasteiger partial charge in [0, 0.05) is 0 Å².